The smallest absolute Gasteiger partial charge is 0.326 e. The quantitative estimate of drug-likeness (QED) is 0.589. The molecule has 132 valence electrons. The minimum absolute atomic E-state index is 0.240. The summed E-state index contributed by atoms with van der Waals surface area (Å²) in [5.41, 5.74) is 0.198. The van der Waals surface area contributed by atoms with Crippen molar-refractivity contribution in [3.8, 4) is 0 Å². The van der Waals surface area contributed by atoms with Crippen LogP contribution in [-0.2, 0) is 14.4 Å². The first kappa shape index (κ1) is 19.6. The van der Waals surface area contributed by atoms with Gasteiger partial charge in [-0.05, 0) is 17.4 Å². The van der Waals surface area contributed by atoms with Crippen LogP contribution in [0.1, 0.15) is 38.8 Å². The molecule has 7 heteroatoms. The fraction of sp³-hybridized carbons (Fsp3) is 0.471. The molecule has 1 aromatic carbocycles. The van der Waals surface area contributed by atoms with Gasteiger partial charge in [0.05, 0.1) is 0 Å². The van der Waals surface area contributed by atoms with Crippen molar-refractivity contribution in [3.63, 3.8) is 0 Å². The fourth-order valence-corrected chi connectivity index (χ4v) is 2.22. The van der Waals surface area contributed by atoms with Crippen LogP contribution in [0.15, 0.2) is 30.3 Å². The molecule has 0 aliphatic heterocycles. The molecule has 4 N–H and O–H groups in total. The van der Waals surface area contributed by atoms with Crippen molar-refractivity contribution in [2.45, 2.75) is 39.3 Å². The van der Waals surface area contributed by atoms with Gasteiger partial charge in [-0.25, -0.2) is 4.79 Å². The molecule has 0 aromatic heterocycles. The highest BCUT2D eigenvalue weighted by molar-refractivity contribution is 5.91. The molecular weight excluding hydrogens is 312 g/mol. The van der Waals surface area contributed by atoms with E-state index in [1.54, 1.807) is 30.3 Å². The summed E-state index contributed by atoms with van der Waals surface area (Å²) in [6, 6.07) is 6.28. The second-order valence-electron chi connectivity index (χ2n) is 6.73. The Morgan fingerprint density at radius 1 is 1.08 bits per heavy atom. The summed E-state index contributed by atoms with van der Waals surface area (Å²) < 4.78 is 0. The Balaban J connectivity index is 2.98. The Morgan fingerprint density at radius 2 is 1.67 bits per heavy atom. The van der Waals surface area contributed by atoms with Gasteiger partial charge in [0.1, 0.15) is 18.7 Å². The Labute approximate surface area is 141 Å². The van der Waals surface area contributed by atoms with Gasteiger partial charge in [-0.3, -0.25) is 9.59 Å². The molecular formula is C17H24N2O5. The van der Waals surface area contributed by atoms with E-state index in [1.807, 2.05) is 20.8 Å². The van der Waals surface area contributed by atoms with E-state index in [2.05, 4.69) is 10.6 Å². The van der Waals surface area contributed by atoms with Gasteiger partial charge in [0.2, 0.25) is 11.8 Å². The highest BCUT2D eigenvalue weighted by Crippen LogP contribution is 2.22. The van der Waals surface area contributed by atoms with E-state index in [0.29, 0.717) is 5.56 Å². The summed E-state index contributed by atoms with van der Waals surface area (Å²) in [5, 5.41) is 23.1. The Kier molecular flexibility index (Phi) is 6.91. The minimum atomic E-state index is -1.14. The predicted molar refractivity (Wildman–Crippen MR) is 88.1 cm³/mol. The second kappa shape index (κ2) is 8.44. The summed E-state index contributed by atoms with van der Waals surface area (Å²) in [5.74, 6) is -2.50. The minimum Gasteiger partial charge on any atom is -0.480 e. The van der Waals surface area contributed by atoms with Crippen LogP contribution in [0.3, 0.4) is 0 Å². The van der Waals surface area contributed by atoms with Crippen LogP contribution in [0.4, 0.5) is 0 Å². The molecule has 2 atom stereocenters. The molecule has 0 fully saturated rings. The van der Waals surface area contributed by atoms with Crippen LogP contribution in [0.2, 0.25) is 0 Å². The maximum Gasteiger partial charge on any atom is 0.326 e. The highest BCUT2D eigenvalue weighted by Gasteiger charge is 2.30. The van der Waals surface area contributed by atoms with Crippen molar-refractivity contribution in [2.24, 2.45) is 5.41 Å². The van der Waals surface area contributed by atoms with Crippen molar-refractivity contribution in [1.29, 1.82) is 0 Å². The molecule has 0 saturated heterocycles. The van der Waals surface area contributed by atoms with Crippen LogP contribution in [0.25, 0.3) is 0 Å². The lowest BCUT2D eigenvalue weighted by Crippen LogP contribution is -2.48. The van der Waals surface area contributed by atoms with Crippen LogP contribution in [0.5, 0.6) is 0 Å². The van der Waals surface area contributed by atoms with Crippen molar-refractivity contribution in [1.82, 2.24) is 10.6 Å². The van der Waals surface area contributed by atoms with Gasteiger partial charge in [-0.2, -0.15) is 0 Å². The van der Waals surface area contributed by atoms with Crippen LogP contribution < -0.4 is 10.6 Å². The Morgan fingerprint density at radius 3 is 2.12 bits per heavy atom. The summed E-state index contributed by atoms with van der Waals surface area (Å²) in [6.45, 7) is 4.85. The van der Waals surface area contributed by atoms with E-state index in [1.165, 1.54) is 0 Å². The molecule has 0 radical (unpaired) electrons. The molecule has 1 rings (SSSR count). The monoisotopic (exact) mass is 336 g/mol. The summed E-state index contributed by atoms with van der Waals surface area (Å²) >= 11 is 0. The van der Waals surface area contributed by atoms with Gasteiger partial charge in [0.25, 0.3) is 0 Å². The van der Waals surface area contributed by atoms with E-state index >= 15 is 0 Å². The summed E-state index contributed by atoms with van der Waals surface area (Å²) in [4.78, 5) is 35.4. The molecule has 2 amide bonds. The van der Waals surface area contributed by atoms with Crippen LogP contribution in [-0.4, -0.2) is 40.6 Å². The third-order valence-electron chi connectivity index (χ3n) is 3.28. The first-order valence-corrected chi connectivity index (χ1v) is 7.62. The SMILES string of the molecule is CC(C)(C)CC(NC(=O)C(NC(=O)CO)c1ccccc1)C(=O)O. The number of aliphatic carboxylic acids is 1. The fourth-order valence-electron chi connectivity index (χ4n) is 2.22. The highest BCUT2D eigenvalue weighted by atomic mass is 16.4. The zero-order valence-electron chi connectivity index (χ0n) is 14.1. The number of carboxylic acids is 1. The number of hydrogen-bond acceptors (Lipinski definition) is 4. The van der Waals surface area contributed by atoms with Gasteiger partial charge in [0, 0.05) is 0 Å². The second-order valence-corrected chi connectivity index (χ2v) is 6.73. The van der Waals surface area contributed by atoms with Crippen molar-refractivity contribution >= 4 is 17.8 Å². The molecule has 7 nitrogen and oxygen atoms in total. The topological polar surface area (TPSA) is 116 Å². The van der Waals surface area contributed by atoms with Gasteiger partial charge in [-0.1, -0.05) is 51.1 Å². The zero-order chi connectivity index (χ0) is 18.3. The molecule has 0 heterocycles. The lowest BCUT2D eigenvalue weighted by molar-refractivity contribution is -0.143. The van der Waals surface area contributed by atoms with Gasteiger partial charge < -0.3 is 20.8 Å². The number of rotatable bonds is 7. The first-order chi connectivity index (χ1) is 11.1. The molecule has 0 bridgehead atoms. The molecule has 0 spiro atoms. The number of amides is 2. The predicted octanol–water partition coefficient (Wildman–Crippen LogP) is 0.842. The molecule has 0 aliphatic rings. The largest absolute Gasteiger partial charge is 0.480 e. The molecule has 0 saturated carbocycles. The standard InChI is InChI=1S/C17H24N2O5/c1-17(2,3)9-12(16(23)24)18-15(22)14(19-13(21)10-20)11-7-5-4-6-8-11/h4-8,12,14,20H,9-10H2,1-3H3,(H,18,22)(H,19,21)(H,23,24). The maximum absolute atomic E-state index is 12.5. The lowest BCUT2D eigenvalue weighted by atomic mass is 9.88. The van der Waals surface area contributed by atoms with Crippen molar-refractivity contribution < 1.29 is 24.6 Å². The average molecular weight is 336 g/mol. The zero-order valence-corrected chi connectivity index (χ0v) is 14.1. The average Bonchev–Trinajstić information content (AvgIpc) is 2.51. The number of carboxylic acid groups (broad SMARTS) is 1. The van der Waals surface area contributed by atoms with E-state index in [9.17, 15) is 19.5 Å². The summed E-state index contributed by atoms with van der Waals surface area (Å²) in [6.07, 6.45) is 0.240. The number of aliphatic hydroxyl groups excluding tert-OH is 1. The van der Waals surface area contributed by atoms with Crippen LogP contribution >= 0.6 is 0 Å². The van der Waals surface area contributed by atoms with Crippen molar-refractivity contribution in [2.75, 3.05) is 6.61 Å². The number of carbonyl (C=O) groups excluding carboxylic acids is 2. The van der Waals surface area contributed by atoms with Crippen LogP contribution in [0, 0.1) is 5.41 Å². The van der Waals surface area contributed by atoms with E-state index in [4.69, 9.17) is 5.11 Å². The van der Waals surface area contributed by atoms with E-state index in [-0.39, 0.29) is 11.8 Å². The van der Waals surface area contributed by atoms with Gasteiger partial charge >= 0.3 is 5.97 Å². The molecule has 0 aliphatic carbocycles. The molecule has 1 aromatic rings. The van der Waals surface area contributed by atoms with Crippen molar-refractivity contribution in [3.05, 3.63) is 35.9 Å². The Bertz CT molecular complexity index is 580. The molecule has 2 unspecified atom stereocenters. The van der Waals surface area contributed by atoms with Gasteiger partial charge in [0.15, 0.2) is 0 Å². The maximum atomic E-state index is 12.5. The summed E-state index contributed by atoms with van der Waals surface area (Å²) in [7, 11) is 0. The number of carbonyl (C=O) groups is 3. The Hall–Kier alpha value is -2.41. The number of benzene rings is 1. The first-order valence-electron chi connectivity index (χ1n) is 7.62. The normalized spacial score (nSPS) is 13.7. The number of aliphatic hydroxyl groups is 1. The van der Waals surface area contributed by atoms with E-state index < -0.39 is 36.5 Å². The van der Waals surface area contributed by atoms with Gasteiger partial charge in [-0.15, -0.1) is 0 Å². The number of nitrogens with one attached hydrogen (secondary N) is 2. The lowest BCUT2D eigenvalue weighted by Gasteiger charge is -2.26. The molecule has 24 heavy (non-hydrogen) atoms. The third kappa shape index (κ3) is 6.37. The van der Waals surface area contributed by atoms with E-state index in [0.717, 1.165) is 0 Å². The number of hydrogen-bond donors (Lipinski definition) is 4. The third-order valence-corrected chi connectivity index (χ3v) is 3.28.